The lowest BCUT2D eigenvalue weighted by Gasteiger charge is -2.20. The second-order valence-corrected chi connectivity index (χ2v) is 4.88. The summed E-state index contributed by atoms with van der Waals surface area (Å²) in [5, 5.41) is 10.5. The Morgan fingerprint density at radius 3 is 2.55 bits per heavy atom. The number of halogens is 2. The first-order valence-corrected chi connectivity index (χ1v) is 6.55. The van der Waals surface area contributed by atoms with Crippen molar-refractivity contribution in [2.75, 3.05) is 13.2 Å². The van der Waals surface area contributed by atoms with Gasteiger partial charge in [0.25, 0.3) is 0 Å². The van der Waals surface area contributed by atoms with Crippen LogP contribution in [0.1, 0.15) is 17.2 Å². The fourth-order valence-electron chi connectivity index (χ4n) is 2.13. The van der Waals surface area contributed by atoms with Crippen molar-refractivity contribution in [3.63, 3.8) is 0 Å². The van der Waals surface area contributed by atoms with E-state index in [2.05, 4.69) is 0 Å². The van der Waals surface area contributed by atoms with Gasteiger partial charge in [0, 0.05) is 10.6 Å². The van der Waals surface area contributed by atoms with Crippen LogP contribution < -0.4 is 9.47 Å². The van der Waals surface area contributed by atoms with E-state index in [0.717, 1.165) is 0 Å². The van der Waals surface area contributed by atoms with Gasteiger partial charge in [-0.25, -0.2) is 4.39 Å². The Balaban J connectivity index is 1.95. The van der Waals surface area contributed by atoms with Crippen LogP contribution in [0, 0.1) is 5.82 Å². The third kappa shape index (κ3) is 2.44. The van der Waals surface area contributed by atoms with Crippen molar-refractivity contribution in [2.24, 2.45) is 0 Å². The SMILES string of the molecule is OC(c1ccc2c(c1)OCCO2)c1ccc(F)cc1Cl. The van der Waals surface area contributed by atoms with E-state index in [4.69, 9.17) is 21.1 Å². The molecule has 0 radical (unpaired) electrons. The summed E-state index contributed by atoms with van der Waals surface area (Å²) < 4.78 is 23.9. The normalized spacial score (nSPS) is 14.9. The smallest absolute Gasteiger partial charge is 0.161 e. The molecule has 3 nitrogen and oxygen atoms in total. The Morgan fingerprint density at radius 2 is 1.80 bits per heavy atom. The highest BCUT2D eigenvalue weighted by molar-refractivity contribution is 6.31. The summed E-state index contributed by atoms with van der Waals surface area (Å²) >= 11 is 5.96. The van der Waals surface area contributed by atoms with Crippen LogP contribution in [0.4, 0.5) is 4.39 Å². The summed E-state index contributed by atoms with van der Waals surface area (Å²) in [5.41, 5.74) is 1.06. The van der Waals surface area contributed by atoms with Crippen LogP contribution >= 0.6 is 11.6 Å². The summed E-state index contributed by atoms with van der Waals surface area (Å²) in [6, 6.07) is 9.10. The van der Waals surface area contributed by atoms with Crippen molar-refractivity contribution in [3.05, 3.63) is 58.4 Å². The summed E-state index contributed by atoms with van der Waals surface area (Å²) in [6.07, 6.45) is -0.945. The minimum absolute atomic E-state index is 0.187. The highest BCUT2D eigenvalue weighted by atomic mass is 35.5. The number of hydrogen-bond donors (Lipinski definition) is 1. The van der Waals surface area contributed by atoms with Crippen molar-refractivity contribution in [1.82, 2.24) is 0 Å². The molecule has 1 aliphatic heterocycles. The van der Waals surface area contributed by atoms with E-state index in [1.165, 1.54) is 18.2 Å². The monoisotopic (exact) mass is 294 g/mol. The molecule has 3 rings (SSSR count). The topological polar surface area (TPSA) is 38.7 Å². The minimum atomic E-state index is -0.945. The Labute approximate surface area is 120 Å². The average molecular weight is 295 g/mol. The lowest BCUT2D eigenvalue weighted by atomic mass is 10.0. The van der Waals surface area contributed by atoms with Gasteiger partial charge in [0.2, 0.25) is 0 Å². The number of rotatable bonds is 2. The molecule has 0 saturated heterocycles. The number of fused-ring (bicyclic) bond motifs is 1. The van der Waals surface area contributed by atoms with Crippen LogP contribution in [0.25, 0.3) is 0 Å². The average Bonchev–Trinajstić information content (AvgIpc) is 2.46. The zero-order valence-electron chi connectivity index (χ0n) is 10.5. The molecule has 0 bridgehead atoms. The van der Waals surface area contributed by atoms with Crippen LogP contribution in [0.2, 0.25) is 5.02 Å². The molecule has 0 aliphatic carbocycles. The van der Waals surface area contributed by atoms with Crippen LogP contribution in [0.5, 0.6) is 11.5 Å². The predicted molar refractivity (Wildman–Crippen MR) is 72.9 cm³/mol. The van der Waals surface area contributed by atoms with Gasteiger partial charge in [0.1, 0.15) is 25.1 Å². The van der Waals surface area contributed by atoms with Crippen LogP contribution in [0.15, 0.2) is 36.4 Å². The summed E-state index contributed by atoms with van der Waals surface area (Å²) in [7, 11) is 0. The first-order valence-electron chi connectivity index (χ1n) is 6.18. The molecule has 104 valence electrons. The molecule has 0 saturated carbocycles. The molecular formula is C15H12ClFO3. The van der Waals surface area contributed by atoms with Crippen LogP contribution in [0.3, 0.4) is 0 Å². The molecule has 2 aromatic rings. The molecule has 1 unspecified atom stereocenters. The Hall–Kier alpha value is -1.78. The van der Waals surface area contributed by atoms with Crippen LogP contribution in [-0.4, -0.2) is 18.3 Å². The molecule has 1 N–H and O–H groups in total. The third-order valence-electron chi connectivity index (χ3n) is 3.14. The van der Waals surface area contributed by atoms with Crippen molar-refractivity contribution >= 4 is 11.6 Å². The summed E-state index contributed by atoms with van der Waals surface area (Å²) in [4.78, 5) is 0. The fraction of sp³-hybridized carbons (Fsp3) is 0.200. The second-order valence-electron chi connectivity index (χ2n) is 4.47. The van der Waals surface area contributed by atoms with E-state index >= 15 is 0 Å². The van der Waals surface area contributed by atoms with Gasteiger partial charge in [-0.3, -0.25) is 0 Å². The standard InChI is InChI=1S/C15H12ClFO3/c16-12-8-10(17)2-3-11(12)15(18)9-1-4-13-14(7-9)20-6-5-19-13/h1-4,7-8,15,18H,5-6H2. The zero-order valence-corrected chi connectivity index (χ0v) is 11.2. The van der Waals surface area contributed by atoms with Crippen molar-refractivity contribution in [1.29, 1.82) is 0 Å². The van der Waals surface area contributed by atoms with E-state index < -0.39 is 11.9 Å². The van der Waals surface area contributed by atoms with Gasteiger partial charge in [-0.2, -0.15) is 0 Å². The summed E-state index contributed by atoms with van der Waals surface area (Å²) in [5.74, 6) is 0.802. The number of benzene rings is 2. The maximum Gasteiger partial charge on any atom is 0.161 e. The first-order chi connectivity index (χ1) is 9.65. The quantitative estimate of drug-likeness (QED) is 0.923. The third-order valence-corrected chi connectivity index (χ3v) is 3.47. The molecule has 1 heterocycles. The molecular weight excluding hydrogens is 283 g/mol. The predicted octanol–water partition coefficient (Wildman–Crippen LogP) is 3.33. The van der Waals surface area contributed by atoms with Gasteiger partial charge >= 0.3 is 0 Å². The lowest BCUT2D eigenvalue weighted by molar-refractivity contribution is 0.169. The molecule has 20 heavy (non-hydrogen) atoms. The molecule has 1 atom stereocenters. The Morgan fingerprint density at radius 1 is 1.05 bits per heavy atom. The van der Waals surface area contributed by atoms with Gasteiger partial charge in [-0.15, -0.1) is 0 Å². The fourth-order valence-corrected chi connectivity index (χ4v) is 2.40. The Kier molecular flexibility index (Phi) is 3.51. The minimum Gasteiger partial charge on any atom is -0.486 e. The molecule has 0 spiro atoms. The Bertz CT molecular complexity index is 645. The van der Waals surface area contributed by atoms with Gasteiger partial charge in [0.05, 0.1) is 0 Å². The molecule has 0 fully saturated rings. The highest BCUT2D eigenvalue weighted by Crippen LogP contribution is 2.35. The lowest BCUT2D eigenvalue weighted by Crippen LogP contribution is -2.15. The van der Waals surface area contributed by atoms with Gasteiger partial charge in [0.15, 0.2) is 11.5 Å². The molecule has 5 heteroatoms. The number of ether oxygens (including phenoxy) is 2. The van der Waals surface area contributed by atoms with Gasteiger partial charge in [-0.05, 0) is 29.8 Å². The maximum atomic E-state index is 13.0. The van der Waals surface area contributed by atoms with E-state index in [1.807, 2.05) is 0 Å². The molecule has 0 aromatic heterocycles. The number of hydrogen-bond acceptors (Lipinski definition) is 3. The number of aliphatic hydroxyl groups excluding tert-OH is 1. The van der Waals surface area contributed by atoms with E-state index in [9.17, 15) is 9.50 Å². The second kappa shape index (κ2) is 5.31. The largest absolute Gasteiger partial charge is 0.486 e. The molecule has 2 aromatic carbocycles. The van der Waals surface area contributed by atoms with Crippen molar-refractivity contribution < 1.29 is 19.0 Å². The van der Waals surface area contributed by atoms with E-state index in [-0.39, 0.29) is 5.02 Å². The number of aliphatic hydroxyl groups is 1. The van der Waals surface area contributed by atoms with E-state index in [1.54, 1.807) is 18.2 Å². The first kappa shape index (κ1) is 13.2. The zero-order chi connectivity index (χ0) is 14.1. The van der Waals surface area contributed by atoms with Gasteiger partial charge in [-0.1, -0.05) is 23.7 Å². The van der Waals surface area contributed by atoms with E-state index in [0.29, 0.717) is 35.8 Å². The van der Waals surface area contributed by atoms with Crippen molar-refractivity contribution in [2.45, 2.75) is 6.10 Å². The van der Waals surface area contributed by atoms with Gasteiger partial charge < -0.3 is 14.6 Å². The molecule has 0 amide bonds. The molecule has 1 aliphatic rings. The maximum absolute atomic E-state index is 13.0. The van der Waals surface area contributed by atoms with Crippen molar-refractivity contribution in [3.8, 4) is 11.5 Å². The summed E-state index contributed by atoms with van der Waals surface area (Å²) in [6.45, 7) is 0.989. The highest BCUT2D eigenvalue weighted by Gasteiger charge is 2.18. The van der Waals surface area contributed by atoms with Crippen LogP contribution in [-0.2, 0) is 0 Å².